The van der Waals surface area contributed by atoms with Gasteiger partial charge in [-0.15, -0.1) is 0 Å². The second-order valence-corrected chi connectivity index (χ2v) is 5.76. The number of oxime groups is 1. The Morgan fingerprint density at radius 3 is 2.15 bits per heavy atom. The predicted molar refractivity (Wildman–Crippen MR) is 99.2 cm³/mol. The average Bonchev–Trinajstić information content (AvgIpc) is 2.65. The van der Waals surface area contributed by atoms with Gasteiger partial charge in [0.15, 0.2) is 0 Å². The zero-order valence-corrected chi connectivity index (χ0v) is 15.6. The van der Waals surface area contributed by atoms with E-state index in [0.29, 0.717) is 16.5 Å². The summed E-state index contributed by atoms with van der Waals surface area (Å²) in [6, 6.07) is 15.6. The van der Waals surface area contributed by atoms with Gasteiger partial charge in [0.05, 0.1) is 6.61 Å². The lowest BCUT2D eigenvalue weighted by Gasteiger charge is -2.35. The molecule has 0 bridgehead atoms. The van der Waals surface area contributed by atoms with Gasteiger partial charge in [0.25, 0.3) is 0 Å². The standard InChI is InChI=1S/C19H22ClNO5/c1-4-24-19(18(21-22)14(2)23-3,25-16-8-6-5-7-9-16)26-17-12-10-15(20)11-13-17/h5-14,22H,4H2,1-3H3. The molecule has 2 atom stereocenters. The largest absolute Gasteiger partial charge is 0.425 e. The van der Waals surface area contributed by atoms with Gasteiger partial charge in [0.1, 0.15) is 17.6 Å². The summed E-state index contributed by atoms with van der Waals surface area (Å²) >= 11 is 5.93. The highest BCUT2D eigenvalue weighted by atomic mass is 35.5. The molecule has 1 N–H and O–H groups in total. The van der Waals surface area contributed by atoms with E-state index in [0.717, 1.165) is 0 Å². The zero-order chi connectivity index (χ0) is 19.0. The van der Waals surface area contributed by atoms with Crippen LogP contribution >= 0.6 is 11.6 Å². The number of para-hydroxylation sites is 1. The molecular formula is C19H22ClNO5. The van der Waals surface area contributed by atoms with Gasteiger partial charge in [-0.25, -0.2) is 0 Å². The van der Waals surface area contributed by atoms with Gasteiger partial charge < -0.3 is 24.2 Å². The Hall–Kier alpha value is -2.28. The van der Waals surface area contributed by atoms with Gasteiger partial charge in [-0.1, -0.05) is 35.0 Å². The highest BCUT2D eigenvalue weighted by Crippen LogP contribution is 2.28. The van der Waals surface area contributed by atoms with Gasteiger partial charge in [0, 0.05) is 12.1 Å². The lowest BCUT2D eigenvalue weighted by Crippen LogP contribution is -2.56. The Balaban J connectivity index is 2.49. The Morgan fingerprint density at radius 1 is 1.08 bits per heavy atom. The van der Waals surface area contributed by atoms with Crippen molar-refractivity contribution >= 4 is 17.3 Å². The first kappa shape index (κ1) is 20.0. The molecule has 2 rings (SSSR count). The van der Waals surface area contributed by atoms with Crippen LogP contribution in [0.25, 0.3) is 0 Å². The van der Waals surface area contributed by atoms with E-state index < -0.39 is 12.1 Å². The van der Waals surface area contributed by atoms with E-state index in [1.807, 2.05) is 18.2 Å². The summed E-state index contributed by atoms with van der Waals surface area (Å²) < 4.78 is 23.1. The van der Waals surface area contributed by atoms with Crippen molar-refractivity contribution in [2.45, 2.75) is 25.9 Å². The fraction of sp³-hybridized carbons (Fsp3) is 0.316. The van der Waals surface area contributed by atoms with Crippen LogP contribution in [0, 0.1) is 0 Å². The number of hydrogen-bond donors (Lipinski definition) is 1. The first-order valence-electron chi connectivity index (χ1n) is 8.12. The summed E-state index contributed by atoms with van der Waals surface area (Å²) in [5, 5.41) is 13.5. The van der Waals surface area contributed by atoms with Crippen molar-refractivity contribution in [2.75, 3.05) is 13.7 Å². The Kier molecular flexibility index (Phi) is 7.26. The molecule has 0 amide bonds. The maximum absolute atomic E-state index is 9.64. The molecule has 0 spiro atoms. The molecule has 6 nitrogen and oxygen atoms in total. The minimum absolute atomic E-state index is 0.0284. The maximum Gasteiger partial charge on any atom is 0.421 e. The molecule has 140 valence electrons. The van der Waals surface area contributed by atoms with Crippen molar-refractivity contribution in [1.29, 1.82) is 0 Å². The van der Waals surface area contributed by atoms with Crippen LogP contribution < -0.4 is 9.47 Å². The van der Waals surface area contributed by atoms with Crippen LogP contribution in [0.2, 0.25) is 5.02 Å². The molecule has 0 radical (unpaired) electrons. The van der Waals surface area contributed by atoms with Crippen molar-refractivity contribution in [3.8, 4) is 11.5 Å². The third-order valence-corrected chi connectivity index (χ3v) is 3.81. The molecule has 26 heavy (non-hydrogen) atoms. The number of benzene rings is 2. The van der Waals surface area contributed by atoms with Gasteiger partial charge in [0.2, 0.25) is 5.71 Å². The normalized spacial score (nSPS) is 15.2. The van der Waals surface area contributed by atoms with Crippen molar-refractivity contribution < 1.29 is 24.2 Å². The van der Waals surface area contributed by atoms with Gasteiger partial charge in [-0.2, -0.15) is 0 Å². The highest BCUT2D eigenvalue weighted by Gasteiger charge is 2.47. The quantitative estimate of drug-likeness (QED) is 0.303. The van der Waals surface area contributed by atoms with Gasteiger partial charge >= 0.3 is 5.97 Å². The van der Waals surface area contributed by atoms with E-state index in [1.54, 1.807) is 50.2 Å². The summed E-state index contributed by atoms with van der Waals surface area (Å²) in [6.45, 7) is 3.71. The molecule has 0 aliphatic heterocycles. The molecule has 7 heteroatoms. The van der Waals surface area contributed by atoms with Crippen LogP contribution in [-0.2, 0) is 9.47 Å². The smallest absolute Gasteiger partial charge is 0.421 e. The van der Waals surface area contributed by atoms with E-state index in [9.17, 15) is 5.21 Å². The fourth-order valence-electron chi connectivity index (χ4n) is 2.25. The number of hydrogen-bond acceptors (Lipinski definition) is 6. The molecule has 0 saturated heterocycles. The van der Waals surface area contributed by atoms with E-state index in [2.05, 4.69) is 5.16 Å². The molecule has 0 aromatic heterocycles. The molecule has 0 aliphatic carbocycles. The lowest BCUT2D eigenvalue weighted by molar-refractivity contribution is -0.252. The molecule has 0 heterocycles. The molecule has 0 aliphatic rings. The fourth-order valence-corrected chi connectivity index (χ4v) is 2.38. The predicted octanol–water partition coefficient (Wildman–Crippen LogP) is 4.35. The van der Waals surface area contributed by atoms with Crippen LogP contribution in [-0.4, -0.2) is 36.7 Å². The Bertz CT molecular complexity index is 708. The summed E-state index contributed by atoms with van der Waals surface area (Å²) in [5.41, 5.74) is 0.0284. The van der Waals surface area contributed by atoms with Gasteiger partial charge in [-0.3, -0.25) is 0 Å². The number of nitrogens with zero attached hydrogens (tertiary/aromatic N) is 1. The third-order valence-electron chi connectivity index (χ3n) is 3.56. The molecule has 0 saturated carbocycles. The second-order valence-electron chi connectivity index (χ2n) is 5.32. The third kappa shape index (κ3) is 4.88. The summed E-state index contributed by atoms with van der Waals surface area (Å²) in [4.78, 5) is 0. The van der Waals surface area contributed by atoms with E-state index in [-0.39, 0.29) is 12.3 Å². The summed E-state index contributed by atoms with van der Waals surface area (Å²) in [5.74, 6) is -0.934. The number of rotatable bonds is 9. The van der Waals surface area contributed by atoms with Crippen molar-refractivity contribution in [2.24, 2.45) is 5.16 Å². The molecule has 2 aromatic carbocycles. The monoisotopic (exact) mass is 379 g/mol. The maximum atomic E-state index is 9.64. The van der Waals surface area contributed by atoms with E-state index in [4.69, 9.17) is 30.5 Å². The summed E-state index contributed by atoms with van der Waals surface area (Å²) in [7, 11) is 1.48. The minimum atomic E-state index is -1.83. The Morgan fingerprint density at radius 2 is 1.65 bits per heavy atom. The van der Waals surface area contributed by atoms with Crippen molar-refractivity contribution in [1.82, 2.24) is 0 Å². The molecular weight excluding hydrogens is 358 g/mol. The first-order chi connectivity index (χ1) is 12.5. The second kappa shape index (κ2) is 9.43. The van der Waals surface area contributed by atoms with Gasteiger partial charge in [-0.05, 0) is 50.2 Å². The average molecular weight is 380 g/mol. The summed E-state index contributed by atoms with van der Waals surface area (Å²) in [6.07, 6.45) is -0.637. The van der Waals surface area contributed by atoms with E-state index in [1.165, 1.54) is 7.11 Å². The van der Waals surface area contributed by atoms with Crippen molar-refractivity contribution in [3.63, 3.8) is 0 Å². The van der Waals surface area contributed by atoms with Crippen LogP contribution in [0.5, 0.6) is 11.5 Å². The minimum Gasteiger partial charge on any atom is -0.425 e. The van der Waals surface area contributed by atoms with Crippen molar-refractivity contribution in [3.05, 3.63) is 59.6 Å². The SMILES string of the molecule is CCOC(Oc1ccccc1)(Oc1ccc(Cl)cc1)C(=NO)C(C)OC. The molecule has 2 unspecified atom stereocenters. The number of halogens is 1. The topological polar surface area (TPSA) is 69.5 Å². The number of ether oxygens (including phenoxy) is 4. The highest BCUT2D eigenvalue weighted by molar-refractivity contribution is 6.30. The zero-order valence-electron chi connectivity index (χ0n) is 14.9. The lowest BCUT2D eigenvalue weighted by atomic mass is 10.2. The Labute approximate surface area is 157 Å². The number of methoxy groups -OCH3 is 1. The van der Waals surface area contributed by atoms with Crippen LogP contribution in [0.3, 0.4) is 0 Å². The van der Waals surface area contributed by atoms with Crippen LogP contribution in [0.4, 0.5) is 0 Å². The molecule has 0 fully saturated rings. The van der Waals surface area contributed by atoms with E-state index >= 15 is 0 Å². The van der Waals surface area contributed by atoms with Crippen LogP contribution in [0.15, 0.2) is 59.8 Å². The molecule has 2 aromatic rings. The first-order valence-corrected chi connectivity index (χ1v) is 8.50. The van der Waals surface area contributed by atoms with Crippen LogP contribution in [0.1, 0.15) is 13.8 Å².